The van der Waals surface area contributed by atoms with Gasteiger partial charge in [0.1, 0.15) is 0 Å². The number of aryl methyl sites for hydroxylation is 1. The lowest BCUT2D eigenvalue weighted by Crippen LogP contribution is -2.46. The first kappa shape index (κ1) is 15.7. The Morgan fingerprint density at radius 1 is 1.21 bits per heavy atom. The van der Waals surface area contributed by atoms with Crippen LogP contribution < -0.4 is 5.32 Å². The molecule has 24 heavy (non-hydrogen) atoms. The number of nitrogens with zero attached hydrogens (tertiary/aromatic N) is 5. The van der Waals surface area contributed by atoms with Crippen LogP contribution in [0.4, 0.5) is 0 Å². The van der Waals surface area contributed by atoms with E-state index in [0.717, 1.165) is 44.2 Å². The van der Waals surface area contributed by atoms with Gasteiger partial charge in [0.25, 0.3) is 0 Å². The molecule has 2 fully saturated rings. The fourth-order valence-corrected chi connectivity index (χ4v) is 3.28. The van der Waals surface area contributed by atoms with E-state index in [4.69, 9.17) is 9.05 Å². The molecule has 1 N–H and O–H groups in total. The molecule has 8 nitrogen and oxygen atoms in total. The molecule has 130 valence electrons. The zero-order valence-electron chi connectivity index (χ0n) is 14.2. The molecule has 0 aromatic carbocycles. The normalized spacial score (nSPS) is 23.5. The Kier molecular flexibility index (Phi) is 4.32. The van der Waals surface area contributed by atoms with Crippen molar-refractivity contribution < 1.29 is 9.05 Å². The van der Waals surface area contributed by atoms with Gasteiger partial charge >= 0.3 is 0 Å². The van der Waals surface area contributed by atoms with Gasteiger partial charge in [-0.2, -0.15) is 9.97 Å². The summed E-state index contributed by atoms with van der Waals surface area (Å²) >= 11 is 0. The van der Waals surface area contributed by atoms with Crippen molar-refractivity contribution in [3.63, 3.8) is 0 Å². The lowest BCUT2D eigenvalue weighted by atomic mass is 10.0. The third-order valence-corrected chi connectivity index (χ3v) is 4.68. The van der Waals surface area contributed by atoms with Crippen LogP contribution in [0.3, 0.4) is 0 Å². The molecule has 1 saturated heterocycles. The average Bonchev–Trinajstić information content (AvgIpc) is 3.16. The van der Waals surface area contributed by atoms with Crippen LogP contribution in [0.15, 0.2) is 9.05 Å². The monoisotopic (exact) mass is 332 g/mol. The molecule has 0 unspecified atom stereocenters. The topological polar surface area (TPSA) is 93.1 Å². The quantitative estimate of drug-likeness (QED) is 0.858. The molecule has 2 aromatic rings. The smallest absolute Gasteiger partial charge is 0.243 e. The number of hydrogen-bond acceptors (Lipinski definition) is 8. The highest BCUT2D eigenvalue weighted by Gasteiger charge is 2.30. The lowest BCUT2D eigenvalue weighted by Gasteiger charge is -2.33. The summed E-state index contributed by atoms with van der Waals surface area (Å²) in [5.74, 6) is 3.46. The Hall–Kier alpha value is -1.80. The molecule has 3 heterocycles. The van der Waals surface area contributed by atoms with Gasteiger partial charge in [0.2, 0.25) is 11.8 Å². The van der Waals surface area contributed by atoms with Crippen molar-refractivity contribution in [1.82, 2.24) is 30.5 Å². The Bertz CT molecular complexity index is 680. The van der Waals surface area contributed by atoms with Crippen LogP contribution >= 0.6 is 0 Å². The molecule has 0 amide bonds. The first-order chi connectivity index (χ1) is 11.7. The Morgan fingerprint density at radius 3 is 2.83 bits per heavy atom. The standard InChI is InChI=1S/C16H24N6O2/c1-10(15-18-11(2)20-23-15)17-13-4-3-7-22(8-13)9-14-19-16(24-21-14)12-5-6-12/h10,12-13,17H,3-9H2,1-2H3/t10-,13+/m0/s1. The van der Waals surface area contributed by atoms with Crippen LogP contribution in [0.1, 0.15) is 68.0 Å². The third kappa shape index (κ3) is 3.64. The summed E-state index contributed by atoms with van der Waals surface area (Å²) in [5.41, 5.74) is 0. The highest BCUT2D eigenvalue weighted by molar-refractivity contribution is 5.02. The number of aromatic nitrogens is 4. The van der Waals surface area contributed by atoms with Crippen molar-refractivity contribution in [3.05, 3.63) is 23.4 Å². The first-order valence-electron chi connectivity index (χ1n) is 8.78. The number of rotatable bonds is 6. The second kappa shape index (κ2) is 6.60. The maximum absolute atomic E-state index is 5.35. The van der Waals surface area contributed by atoms with Crippen molar-refractivity contribution in [2.75, 3.05) is 13.1 Å². The van der Waals surface area contributed by atoms with Crippen LogP contribution in [0.25, 0.3) is 0 Å². The zero-order valence-corrected chi connectivity index (χ0v) is 14.2. The average molecular weight is 332 g/mol. The molecule has 1 aliphatic carbocycles. The van der Waals surface area contributed by atoms with Crippen molar-refractivity contribution in [2.24, 2.45) is 0 Å². The maximum atomic E-state index is 5.35. The van der Waals surface area contributed by atoms with Crippen molar-refractivity contribution in [2.45, 2.75) is 64.1 Å². The minimum Gasteiger partial charge on any atom is -0.339 e. The van der Waals surface area contributed by atoms with E-state index < -0.39 is 0 Å². The van der Waals surface area contributed by atoms with E-state index in [0.29, 0.717) is 23.7 Å². The molecule has 2 aliphatic rings. The predicted octanol–water partition coefficient (Wildman–Crippen LogP) is 1.95. The molecule has 0 radical (unpaired) electrons. The summed E-state index contributed by atoms with van der Waals surface area (Å²) in [6.45, 7) is 6.68. The van der Waals surface area contributed by atoms with Crippen LogP contribution in [-0.4, -0.2) is 44.3 Å². The Morgan fingerprint density at radius 2 is 2.08 bits per heavy atom. The van der Waals surface area contributed by atoms with E-state index in [-0.39, 0.29) is 6.04 Å². The highest BCUT2D eigenvalue weighted by atomic mass is 16.5. The van der Waals surface area contributed by atoms with Gasteiger partial charge in [-0.3, -0.25) is 4.90 Å². The number of nitrogens with one attached hydrogen (secondary N) is 1. The Balaban J connectivity index is 1.31. The molecule has 0 bridgehead atoms. The van der Waals surface area contributed by atoms with Crippen LogP contribution in [0.2, 0.25) is 0 Å². The molecule has 8 heteroatoms. The van der Waals surface area contributed by atoms with E-state index >= 15 is 0 Å². The molecular formula is C16H24N6O2. The predicted molar refractivity (Wildman–Crippen MR) is 85.2 cm³/mol. The number of hydrogen-bond donors (Lipinski definition) is 1. The van der Waals surface area contributed by atoms with Gasteiger partial charge in [0.05, 0.1) is 12.6 Å². The molecular weight excluding hydrogens is 308 g/mol. The van der Waals surface area contributed by atoms with E-state index in [1.54, 1.807) is 0 Å². The lowest BCUT2D eigenvalue weighted by molar-refractivity contribution is 0.167. The van der Waals surface area contributed by atoms with Crippen LogP contribution in [0.5, 0.6) is 0 Å². The first-order valence-corrected chi connectivity index (χ1v) is 8.78. The minimum absolute atomic E-state index is 0.0581. The largest absolute Gasteiger partial charge is 0.339 e. The highest BCUT2D eigenvalue weighted by Crippen LogP contribution is 2.38. The fraction of sp³-hybridized carbons (Fsp3) is 0.750. The van der Waals surface area contributed by atoms with E-state index in [9.17, 15) is 0 Å². The van der Waals surface area contributed by atoms with Crippen LogP contribution in [-0.2, 0) is 6.54 Å². The van der Waals surface area contributed by atoms with Gasteiger partial charge < -0.3 is 14.4 Å². The second-order valence-corrected chi connectivity index (χ2v) is 6.97. The summed E-state index contributed by atoms with van der Waals surface area (Å²) in [6.07, 6.45) is 4.67. The number of likely N-dealkylation sites (tertiary alicyclic amines) is 1. The van der Waals surface area contributed by atoms with Crippen molar-refractivity contribution in [3.8, 4) is 0 Å². The van der Waals surface area contributed by atoms with E-state index in [1.165, 1.54) is 12.8 Å². The molecule has 2 aromatic heterocycles. The molecule has 1 aliphatic heterocycles. The van der Waals surface area contributed by atoms with Crippen LogP contribution in [0, 0.1) is 6.92 Å². The van der Waals surface area contributed by atoms with E-state index in [1.807, 2.05) is 6.92 Å². The number of piperidine rings is 1. The second-order valence-electron chi connectivity index (χ2n) is 6.97. The van der Waals surface area contributed by atoms with E-state index in [2.05, 4.69) is 37.4 Å². The molecule has 4 rings (SSSR count). The zero-order chi connectivity index (χ0) is 16.5. The van der Waals surface area contributed by atoms with Crippen molar-refractivity contribution >= 4 is 0 Å². The van der Waals surface area contributed by atoms with Crippen molar-refractivity contribution in [1.29, 1.82) is 0 Å². The van der Waals surface area contributed by atoms with Gasteiger partial charge in [-0.15, -0.1) is 0 Å². The third-order valence-electron chi connectivity index (χ3n) is 4.68. The van der Waals surface area contributed by atoms with Gasteiger partial charge in [-0.1, -0.05) is 10.3 Å². The summed E-state index contributed by atoms with van der Waals surface area (Å²) < 4.78 is 10.6. The van der Waals surface area contributed by atoms with Gasteiger partial charge in [0, 0.05) is 18.5 Å². The van der Waals surface area contributed by atoms with Gasteiger partial charge in [0.15, 0.2) is 11.6 Å². The summed E-state index contributed by atoms with van der Waals surface area (Å²) in [6, 6.07) is 0.457. The fourth-order valence-electron chi connectivity index (χ4n) is 3.28. The molecule has 1 saturated carbocycles. The molecule has 2 atom stereocenters. The summed E-state index contributed by atoms with van der Waals surface area (Å²) in [7, 11) is 0. The van der Waals surface area contributed by atoms with Gasteiger partial charge in [-0.25, -0.2) is 0 Å². The Labute approximate surface area is 141 Å². The summed E-state index contributed by atoms with van der Waals surface area (Å²) in [4.78, 5) is 11.2. The molecule has 0 spiro atoms. The minimum atomic E-state index is 0.0581. The summed E-state index contributed by atoms with van der Waals surface area (Å²) in [5, 5.41) is 11.6. The SMILES string of the molecule is Cc1noc([C@H](C)N[C@@H]2CCCN(Cc3noc(C4CC4)n3)C2)n1. The maximum Gasteiger partial charge on any atom is 0.243 e. The van der Waals surface area contributed by atoms with Gasteiger partial charge in [-0.05, 0) is 46.1 Å².